The summed E-state index contributed by atoms with van der Waals surface area (Å²) in [5, 5.41) is 4.02. The minimum absolute atomic E-state index is 0.0178. The Morgan fingerprint density at radius 1 is 1.06 bits per heavy atom. The number of pyridine rings is 1. The lowest BCUT2D eigenvalue weighted by molar-refractivity contribution is 0.387. The quantitative estimate of drug-likeness (QED) is 0.344. The van der Waals surface area contributed by atoms with Crippen LogP contribution in [0.1, 0.15) is 31.2 Å². The van der Waals surface area contributed by atoms with Gasteiger partial charge in [-0.2, -0.15) is 0 Å². The van der Waals surface area contributed by atoms with Crippen molar-refractivity contribution < 1.29 is 12.8 Å². The van der Waals surface area contributed by atoms with Crippen LogP contribution in [-0.2, 0) is 16.6 Å². The van der Waals surface area contributed by atoms with Gasteiger partial charge in [-0.15, -0.1) is 0 Å². The Morgan fingerprint density at radius 3 is 2.58 bits per heavy atom. The second-order valence-corrected chi connectivity index (χ2v) is 11.5. The van der Waals surface area contributed by atoms with E-state index in [4.69, 9.17) is 11.6 Å². The summed E-state index contributed by atoms with van der Waals surface area (Å²) in [6.45, 7) is 0.505. The van der Waals surface area contributed by atoms with Crippen LogP contribution < -0.4 is 10.0 Å². The fraction of sp³-hybridized carbons (Fsp3) is 0.308. The largest absolute Gasteiger partial charge is 0.367 e. The normalized spacial score (nSPS) is 18.4. The molecule has 4 aromatic rings. The zero-order valence-electron chi connectivity index (χ0n) is 19.8. The lowest BCUT2D eigenvalue weighted by atomic mass is 9.92. The Kier molecular flexibility index (Phi) is 6.96. The first kappa shape index (κ1) is 24.7. The Hall–Kier alpha value is -3.01. The minimum atomic E-state index is -3.20. The first-order valence-electron chi connectivity index (χ1n) is 11.8. The first-order chi connectivity index (χ1) is 17.2. The molecule has 36 heavy (non-hydrogen) atoms. The number of anilines is 1. The SMILES string of the molecule is CS(=O)(=O)NC1CCC(Nc2cc(-c3ccc4ncn(Cc5cccc(F)c5)c4c3)c(Cl)cn2)CC1. The summed E-state index contributed by atoms with van der Waals surface area (Å²) in [5.41, 5.74) is 4.41. The molecule has 0 unspecified atom stereocenters. The van der Waals surface area contributed by atoms with Gasteiger partial charge in [0.1, 0.15) is 11.6 Å². The molecule has 0 bridgehead atoms. The zero-order chi connectivity index (χ0) is 25.3. The molecule has 2 N–H and O–H groups in total. The maximum atomic E-state index is 13.7. The molecule has 0 amide bonds. The summed E-state index contributed by atoms with van der Waals surface area (Å²) in [6, 6.07) is 14.7. The molecule has 2 aromatic carbocycles. The van der Waals surface area contributed by atoms with Crippen LogP contribution in [0.4, 0.5) is 10.2 Å². The number of fused-ring (bicyclic) bond motifs is 1. The van der Waals surface area contributed by atoms with Crippen molar-refractivity contribution in [2.75, 3.05) is 11.6 Å². The van der Waals surface area contributed by atoms with Gasteiger partial charge in [0.15, 0.2) is 0 Å². The van der Waals surface area contributed by atoms with Crippen LogP contribution in [0.2, 0.25) is 5.02 Å². The fourth-order valence-corrected chi connectivity index (χ4v) is 5.84. The molecule has 1 fully saturated rings. The fourth-order valence-electron chi connectivity index (χ4n) is 4.79. The van der Waals surface area contributed by atoms with E-state index in [9.17, 15) is 12.8 Å². The monoisotopic (exact) mass is 527 g/mol. The summed E-state index contributed by atoms with van der Waals surface area (Å²) >= 11 is 6.55. The van der Waals surface area contributed by atoms with Gasteiger partial charge in [0.25, 0.3) is 0 Å². The van der Waals surface area contributed by atoms with Crippen LogP contribution in [0.25, 0.3) is 22.2 Å². The number of hydrogen-bond acceptors (Lipinski definition) is 5. The number of nitrogens with one attached hydrogen (secondary N) is 2. The van der Waals surface area contributed by atoms with Gasteiger partial charge < -0.3 is 9.88 Å². The summed E-state index contributed by atoms with van der Waals surface area (Å²) in [6.07, 6.45) is 7.84. The van der Waals surface area contributed by atoms with Crippen molar-refractivity contribution in [1.82, 2.24) is 19.3 Å². The van der Waals surface area contributed by atoms with E-state index in [-0.39, 0.29) is 17.9 Å². The molecule has 0 aliphatic heterocycles. The second-order valence-electron chi connectivity index (χ2n) is 9.34. The zero-order valence-corrected chi connectivity index (χ0v) is 21.4. The van der Waals surface area contributed by atoms with Crippen molar-refractivity contribution in [2.45, 2.75) is 44.3 Å². The van der Waals surface area contributed by atoms with Crippen molar-refractivity contribution in [2.24, 2.45) is 0 Å². The van der Waals surface area contributed by atoms with Gasteiger partial charge in [-0.3, -0.25) is 0 Å². The lowest BCUT2D eigenvalue weighted by Gasteiger charge is -2.29. The standard InChI is InChI=1S/C26H27ClFN5O2S/c1-36(34,35)32-21-8-6-20(7-9-21)31-26-13-22(23(27)14-29-26)18-5-10-24-25(12-18)33(16-30-24)15-17-3-2-4-19(28)11-17/h2-5,10-14,16,20-21,32H,6-9,15H2,1H3,(H,29,31). The van der Waals surface area contributed by atoms with Gasteiger partial charge >= 0.3 is 0 Å². The Morgan fingerprint density at radius 2 is 1.83 bits per heavy atom. The molecule has 2 aromatic heterocycles. The highest BCUT2D eigenvalue weighted by atomic mass is 35.5. The van der Waals surface area contributed by atoms with Gasteiger partial charge in [-0.1, -0.05) is 29.8 Å². The van der Waals surface area contributed by atoms with Crippen molar-refractivity contribution in [3.8, 4) is 11.1 Å². The van der Waals surface area contributed by atoms with Crippen molar-refractivity contribution >= 4 is 38.5 Å². The van der Waals surface area contributed by atoms with Crippen LogP contribution in [-0.4, -0.2) is 41.3 Å². The predicted molar refractivity (Wildman–Crippen MR) is 141 cm³/mol. The highest BCUT2D eigenvalue weighted by molar-refractivity contribution is 7.88. The van der Waals surface area contributed by atoms with E-state index < -0.39 is 10.0 Å². The van der Waals surface area contributed by atoms with E-state index in [0.29, 0.717) is 11.6 Å². The Balaban J connectivity index is 1.34. The van der Waals surface area contributed by atoms with E-state index in [1.807, 2.05) is 34.9 Å². The van der Waals surface area contributed by atoms with E-state index in [2.05, 4.69) is 20.0 Å². The van der Waals surface area contributed by atoms with E-state index in [1.54, 1.807) is 18.6 Å². The van der Waals surface area contributed by atoms with Crippen molar-refractivity contribution in [1.29, 1.82) is 0 Å². The number of sulfonamides is 1. The molecule has 0 saturated heterocycles. The number of benzene rings is 2. The van der Waals surface area contributed by atoms with E-state index in [1.165, 1.54) is 18.4 Å². The summed E-state index contributed by atoms with van der Waals surface area (Å²) in [7, 11) is -3.20. The average Bonchev–Trinajstić information content (AvgIpc) is 3.22. The molecular weight excluding hydrogens is 501 g/mol. The molecule has 1 aliphatic carbocycles. The molecule has 0 spiro atoms. The smallest absolute Gasteiger partial charge is 0.208 e. The topological polar surface area (TPSA) is 88.9 Å². The van der Waals surface area contributed by atoms with Gasteiger partial charge in [0, 0.05) is 30.4 Å². The number of hydrogen-bond donors (Lipinski definition) is 2. The third-order valence-electron chi connectivity index (χ3n) is 6.49. The summed E-state index contributed by atoms with van der Waals surface area (Å²) in [4.78, 5) is 8.95. The Labute approximate surface area is 214 Å². The molecular formula is C26H27ClFN5O2S. The minimum Gasteiger partial charge on any atom is -0.367 e. The van der Waals surface area contributed by atoms with Crippen LogP contribution in [0.15, 0.2) is 61.1 Å². The molecule has 0 radical (unpaired) electrons. The molecule has 10 heteroatoms. The van der Waals surface area contributed by atoms with Crippen LogP contribution >= 0.6 is 11.6 Å². The number of nitrogens with zero attached hydrogens (tertiary/aromatic N) is 3. The predicted octanol–water partition coefficient (Wildman–Crippen LogP) is 5.21. The first-order valence-corrected chi connectivity index (χ1v) is 14.1. The van der Waals surface area contributed by atoms with Crippen molar-refractivity contribution in [3.05, 3.63) is 77.5 Å². The maximum absolute atomic E-state index is 13.7. The molecule has 5 rings (SSSR count). The third kappa shape index (κ3) is 5.86. The summed E-state index contributed by atoms with van der Waals surface area (Å²) in [5.74, 6) is 0.462. The second kappa shape index (κ2) is 10.2. The number of aromatic nitrogens is 3. The maximum Gasteiger partial charge on any atom is 0.208 e. The Bertz CT molecular complexity index is 1500. The van der Waals surface area contributed by atoms with E-state index in [0.717, 1.165) is 59.2 Å². The highest BCUT2D eigenvalue weighted by Crippen LogP contribution is 2.32. The lowest BCUT2D eigenvalue weighted by Crippen LogP contribution is -2.39. The van der Waals surface area contributed by atoms with Gasteiger partial charge in [-0.25, -0.2) is 27.5 Å². The number of imidazole rings is 1. The molecule has 0 atom stereocenters. The van der Waals surface area contributed by atoms with Crippen LogP contribution in [0.3, 0.4) is 0 Å². The van der Waals surface area contributed by atoms with Crippen LogP contribution in [0.5, 0.6) is 0 Å². The highest BCUT2D eigenvalue weighted by Gasteiger charge is 2.23. The number of rotatable bonds is 7. The average molecular weight is 528 g/mol. The van der Waals surface area contributed by atoms with E-state index >= 15 is 0 Å². The molecule has 7 nitrogen and oxygen atoms in total. The third-order valence-corrected chi connectivity index (χ3v) is 7.55. The van der Waals surface area contributed by atoms with Gasteiger partial charge in [0.2, 0.25) is 10.0 Å². The van der Waals surface area contributed by atoms with Crippen molar-refractivity contribution in [3.63, 3.8) is 0 Å². The molecule has 188 valence electrons. The van der Waals surface area contributed by atoms with Gasteiger partial charge in [0.05, 0.1) is 28.6 Å². The molecule has 2 heterocycles. The van der Waals surface area contributed by atoms with Crippen LogP contribution in [0, 0.1) is 5.82 Å². The molecule has 1 saturated carbocycles. The number of halogens is 2. The summed E-state index contributed by atoms with van der Waals surface area (Å²) < 4.78 is 41.3. The van der Waals surface area contributed by atoms with Gasteiger partial charge in [-0.05, 0) is 67.1 Å². The molecule has 1 aliphatic rings.